The van der Waals surface area contributed by atoms with Gasteiger partial charge < -0.3 is 9.84 Å². The van der Waals surface area contributed by atoms with E-state index in [2.05, 4.69) is 52.0 Å². The minimum Gasteiger partial charge on any atom is -0.457 e. The van der Waals surface area contributed by atoms with Crippen molar-refractivity contribution in [3.8, 4) is 11.5 Å². The summed E-state index contributed by atoms with van der Waals surface area (Å²) >= 11 is 0. The number of rotatable bonds is 2. The van der Waals surface area contributed by atoms with Gasteiger partial charge >= 0.3 is 0 Å². The second-order valence-electron chi connectivity index (χ2n) is 8.41. The van der Waals surface area contributed by atoms with Crippen molar-refractivity contribution in [3.05, 3.63) is 59.7 Å². The maximum atomic E-state index is 8.40. The van der Waals surface area contributed by atoms with Crippen molar-refractivity contribution in [1.82, 2.24) is 0 Å². The second-order valence-corrected chi connectivity index (χ2v) is 8.41. The van der Waals surface area contributed by atoms with Crippen LogP contribution in [0.15, 0.2) is 48.5 Å². The largest absolute Gasteiger partial charge is 0.457 e. The highest BCUT2D eigenvalue weighted by Crippen LogP contribution is 2.26. The molecular formula is C22H32O2. The Morgan fingerprint density at radius 3 is 1.46 bits per heavy atom. The van der Waals surface area contributed by atoms with Crippen molar-refractivity contribution >= 4 is 0 Å². The SMILES string of the molecule is CC(C)(C)CO.Cc1ccc(Oc2ccc(C(C)(C)C)cc2)cc1. The number of hydrogen-bond acceptors (Lipinski definition) is 2. The van der Waals surface area contributed by atoms with Gasteiger partial charge in [0.05, 0.1) is 0 Å². The molecular weight excluding hydrogens is 296 g/mol. The molecule has 132 valence electrons. The molecule has 0 aliphatic heterocycles. The molecule has 2 aromatic carbocycles. The molecule has 24 heavy (non-hydrogen) atoms. The van der Waals surface area contributed by atoms with Crippen LogP contribution in [0.2, 0.25) is 0 Å². The molecule has 0 unspecified atom stereocenters. The molecule has 0 aromatic heterocycles. The summed E-state index contributed by atoms with van der Waals surface area (Å²) in [7, 11) is 0. The zero-order valence-corrected chi connectivity index (χ0v) is 16.2. The van der Waals surface area contributed by atoms with Gasteiger partial charge in [0.15, 0.2) is 0 Å². The fourth-order valence-corrected chi connectivity index (χ4v) is 1.77. The van der Waals surface area contributed by atoms with Crippen molar-refractivity contribution in [1.29, 1.82) is 0 Å². The fourth-order valence-electron chi connectivity index (χ4n) is 1.77. The number of aliphatic hydroxyl groups excluding tert-OH is 1. The van der Waals surface area contributed by atoms with Crippen LogP contribution < -0.4 is 4.74 Å². The summed E-state index contributed by atoms with van der Waals surface area (Å²) in [4.78, 5) is 0. The van der Waals surface area contributed by atoms with Crippen molar-refractivity contribution < 1.29 is 9.84 Å². The minimum atomic E-state index is 0.0972. The molecule has 2 heteroatoms. The van der Waals surface area contributed by atoms with E-state index >= 15 is 0 Å². The molecule has 0 fully saturated rings. The van der Waals surface area contributed by atoms with Crippen LogP contribution in [0.5, 0.6) is 11.5 Å². The lowest BCUT2D eigenvalue weighted by molar-refractivity contribution is 0.177. The molecule has 0 spiro atoms. The summed E-state index contributed by atoms with van der Waals surface area (Å²) in [5.74, 6) is 1.76. The monoisotopic (exact) mass is 328 g/mol. The summed E-state index contributed by atoms with van der Waals surface area (Å²) < 4.78 is 5.80. The Morgan fingerprint density at radius 2 is 1.12 bits per heavy atom. The molecule has 2 nitrogen and oxygen atoms in total. The second kappa shape index (κ2) is 8.34. The van der Waals surface area contributed by atoms with Gasteiger partial charge in [-0.15, -0.1) is 0 Å². The average Bonchev–Trinajstić information content (AvgIpc) is 2.49. The fraction of sp³-hybridized carbons (Fsp3) is 0.455. The van der Waals surface area contributed by atoms with Gasteiger partial charge in [-0.2, -0.15) is 0 Å². The smallest absolute Gasteiger partial charge is 0.127 e. The molecule has 0 aliphatic rings. The Bertz CT molecular complexity index is 596. The number of benzene rings is 2. The topological polar surface area (TPSA) is 29.5 Å². The zero-order valence-electron chi connectivity index (χ0n) is 16.2. The highest BCUT2D eigenvalue weighted by Gasteiger charge is 2.13. The predicted octanol–water partition coefficient (Wildman–Crippen LogP) is 6.11. The van der Waals surface area contributed by atoms with Crippen molar-refractivity contribution in [2.45, 2.75) is 53.9 Å². The van der Waals surface area contributed by atoms with E-state index in [1.165, 1.54) is 11.1 Å². The van der Waals surface area contributed by atoms with Crippen LogP contribution in [0.1, 0.15) is 52.7 Å². The summed E-state index contributed by atoms with van der Waals surface area (Å²) in [6.07, 6.45) is 0. The average molecular weight is 328 g/mol. The molecule has 0 atom stereocenters. The third-order valence-corrected chi connectivity index (χ3v) is 3.45. The van der Waals surface area contributed by atoms with Crippen LogP contribution in [0.3, 0.4) is 0 Å². The van der Waals surface area contributed by atoms with Crippen molar-refractivity contribution in [2.24, 2.45) is 5.41 Å². The molecule has 0 saturated heterocycles. The Kier molecular flexibility index (Phi) is 7.04. The van der Waals surface area contributed by atoms with Crippen LogP contribution >= 0.6 is 0 Å². The van der Waals surface area contributed by atoms with Gasteiger partial charge in [-0.25, -0.2) is 0 Å². The number of hydrogen-bond donors (Lipinski definition) is 1. The molecule has 0 radical (unpaired) electrons. The van der Waals surface area contributed by atoms with Crippen LogP contribution in [0.4, 0.5) is 0 Å². The van der Waals surface area contributed by atoms with Gasteiger partial charge in [0, 0.05) is 6.61 Å². The van der Waals surface area contributed by atoms with Crippen LogP contribution in [-0.2, 0) is 5.41 Å². The molecule has 0 saturated carbocycles. The van der Waals surface area contributed by atoms with E-state index < -0.39 is 0 Å². The minimum absolute atomic E-state index is 0.0972. The lowest BCUT2D eigenvalue weighted by Crippen LogP contribution is -2.10. The van der Waals surface area contributed by atoms with Crippen molar-refractivity contribution in [3.63, 3.8) is 0 Å². The Labute approximate surface area is 147 Å². The van der Waals surface area contributed by atoms with Crippen LogP contribution in [-0.4, -0.2) is 11.7 Å². The molecule has 0 aliphatic carbocycles. The third kappa shape index (κ3) is 7.65. The normalized spacial score (nSPS) is 11.5. The molecule has 0 amide bonds. The molecule has 1 N–H and O–H groups in total. The van der Waals surface area contributed by atoms with Gasteiger partial charge in [-0.1, -0.05) is 71.4 Å². The van der Waals surface area contributed by atoms with Gasteiger partial charge in [0.1, 0.15) is 11.5 Å². The predicted molar refractivity (Wildman–Crippen MR) is 103 cm³/mol. The quantitative estimate of drug-likeness (QED) is 0.720. The number of ether oxygens (including phenoxy) is 1. The van der Waals surface area contributed by atoms with Crippen LogP contribution in [0.25, 0.3) is 0 Å². The van der Waals surface area contributed by atoms with E-state index in [-0.39, 0.29) is 17.4 Å². The number of aryl methyl sites for hydroxylation is 1. The first-order valence-electron chi connectivity index (χ1n) is 8.47. The Morgan fingerprint density at radius 1 is 0.750 bits per heavy atom. The maximum absolute atomic E-state index is 8.40. The zero-order chi connectivity index (χ0) is 18.4. The van der Waals surface area contributed by atoms with Gasteiger partial charge in [0.25, 0.3) is 0 Å². The summed E-state index contributed by atoms with van der Waals surface area (Å²) in [6.45, 7) is 15.0. The molecule has 2 rings (SSSR count). The standard InChI is InChI=1S/C17H20O.C5H12O/c1-13-5-9-15(10-6-13)18-16-11-7-14(8-12-16)17(2,3)4;1-5(2,3)4-6/h5-12H,1-4H3;6H,4H2,1-3H3. The van der Waals surface area contributed by atoms with Gasteiger partial charge in [-0.3, -0.25) is 0 Å². The molecule has 0 bridgehead atoms. The molecule has 2 aromatic rings. The lowest BCUT2D eigenvalue weighted by atomic mass is 9.87. The first-order chi connectivity index (χ1) is 11.0. The Hall–Kier alpha value is -1.80. The highest BCUT2D eigenvalue weighted by atomic mass is 16.5. The van der Waals surface area contributed by atoms with E-state index in [4.69, 9.17) is 9.84 Å². The summed E-state index contributed by atoms with van der Waals surface area (Å²) in [5, 5.41) is 8.40. The van der Waals surface area contributed by atoms with E-state index in [0.717, 1.165) is 11.5 Å². The highest BCUT2D eigenvalue weighted by molar-refractivity contribution is 5.35. The lowest BCUT2D eigenvalue weighted by Gasteiger charge is -2.19. The number of aliphatic hydroxyl groups is 1. The maximum Gasteiger partial charge on any atom is 0.127 e. The summed E-state index contributed by atoms with van der Waals surface area (Å²) in [5.41, 5.74) is 2.84. The molecule has 0 heterocycles. The third-order valence-electron chi connectivity index (χ3n) is 3.45. The first kappa shape index (κ1) is 20.2. The van der Waals surface area contributed by atoms with Crippen LogP contribution in [0, 0.1) is 12.3 Å². The van der Waals surface area contributed by atoms with E-state index in [1.54, 1.807) is 0 Å². The summed E-state index contributed by atoms with van der Waals surface area (Å²) in [6, 6.07) is 16.4. The van der Waals surface area contributed by atoms with E-state index in [1.807, 2.05) is 45.0 Å². The van der Waals surface area contributed by atoms with Crippen molar-refractivity contribution in [2.75, 3.05) is 6.61 Å². The van der Waals surface area contributed by atoms with Gasteiger partial charge in [-0.05, 0) is 47.6 Å². The van der Waals surface area contributed by atoms with E-state index in [9.17, 15) is 0 Å². The van der Waals surface area contributed by atoms with Gasteiger partial charge in [0.2, 0.25) is 0 Å². The first-order valence-corrected chi connectivity index (χ1v) is 8.47. The Balaban J connectivity index is 0.000000413. The van der Waals surface area contributed by atoms with E-state index in [0.29, 0.717) is 0 Å².